The van der Waals surface area contributed by atoms with Crippen LogP contribution < -0.4 is 15.8 Å². The number of hydrogen-bond donors (Lipinski definition) is 2. The van der Waals surface area contributed by atoms with Gasteiger partial charge in [0.1, 0.15) is 11.6 Å². The molecule has 3 fully saturated rings. The summed E-state index contributed by atoms with van der Waals surface area (Å²) in [6.07, 6.45) is 5.37. The molecule has 2 N–H and O–H groups in total. The largest absolute Gasteiger partial charge is 0.493 e. The van der Waals surface area contributed by atoms with E-state index in [-0.39, 0.29) is 29.4 Å². The number of aromatic amines is 1. The van der Waals surface area contributed by atoms with Crippen molar-refractivity contribution < 1.29 is 27.1 Å². The fraction of sp³-hybridized carbons (Fsp3) is 0.289. The van der Waals surface area contributed by atoms with Crippen molar-refractivity contribution in [1.29, 1.82) is 0 Å². The number of amides is 1. The first-order chi connectivity index (χ1) is 25.2. The van der Waals surface area contributed by atoms with Crippen LogP contribution in [0.25, 0.3) is 32.0 Å². The number of nitrogens with zero attached hydrogens (tertiary/aromatic N) is 4. The van der Waals surface area contributed by atoms with Gasteiger partial charge in [-0.25, -0.2) is 23.7 Å². The van der Waals surface area contributed by atoms with Crippen molar-refractivity contribution in [3.05, 3.63) is 110 Å². The molecule has 1 atom stereocenters. The van der Waals surface area contributed by atoms with Crippen LogP contribution in [0.5, 0.6) is 5.75 Å². The van der Waals surface area contributed by atoms with Gasteiger partial charge in [0.25, 0.3) is 11.8 Å². The Morgan fingerprint density at radius 2 is 1.90 bits per heavy atom. The van der Waals surface area contributed by atoms with Gasteiger partial charge in [-0.3, -0.25) is 9.78 Å². The number of aryl methyl sites for hydroxylation is 2. The Hall–Kier alpha value is -5.50. The van der Waals surface area contributed by atoms with Crippen LogP contribution in [0.4, 0.5) is 19.0 Å². The molecular formula is C38H29F3N6O4S. The lowest BCUT2D eigenvalue weighted by Gasteiger charge is -2.37. The summed E-state index contributed by atoms with van der Waals surface area (Å²) in [6, 6.07) is 11.0. The van der Waals surface area contributed by atoms with Crippen LogP contribution >= 0.6 is 11.3 Å². The number of thiophene rings is 1. The van der Waals surface area contributed by atoms with E-state index in [9.17, 15) is 22.8 Å². The van der Waals surface area contributed by atoms with Gasteiger partial charge in [0.15, 0.2) is 11.6 Å². The average Bonchev–Trinajstić information content (AvgIpc) is 3.97. The van der Waals surface area contributed by atoms with E-state index in [1.54, 1.807) is 18.3 Å². The molecule has 14 heteroatoms. The number of methoxy groups -OCH3 is 1. The standard InChI is InChI=1S/C38H29F3N6O4S/c1-50-31-21-7-9-24(22(21)13-23(40)30(31)41)44-34-32-19(10-11-42-34)12-26(52-32)28-27(35-45-46-37(49)51-35)25(8-4-17-2-5-20(39)6-3-17)43-33-29(28)36(48)47-16-18-14-38(33,47)15-18/h2-3,5-6,10-13,18,24H,4,7-9,14-16H2,1H3,(H,42,44)(H,46,49)/t18?,24-,38?/m0/s1. The summed E-state index contributed by atoms with van der Waals surface area (Å²) in [4.78, 5) is 39.3. The molecule has 52 heavy (non-hydrogen) atoms. The molecule has 2 bridgehead atoms. The predicted molar refractivity (Wildman–Crippen MR) is 186 cm³/mol. The van der Waals surface area contributed by atoms with Crippen LogP contribution in [0.15, 0.2) is 57.9 Å². The van der Waals surface area contributed by atoms with Gasteiger partial charge in [-0.1, -0.05) is 12.1 Å². The lowest BCUT2D eigenvalue weighted by atomic mass is 9.71. The van der Waals surface area contributed by atoms with Gasteiger partial charge in [0.2, 0.25) is 5.82 Å². The van der Waals surface area contributed by atoms with Crippen LogP contribution in [0.2, 0.25) is 0 Å². The number of nitrogens with one attached hydrogen (secondary N) is 2. The van der Waals surface area contributed by atoms with E-state index < -0.39 is 22.9 Å². The highest BCUT2D eigenvalue weighted by Gasteiger charge is 2.65. The van der Waals surface area contributed by atoms with Crippen LogP contribution in [-0.4, -0.2) is 44.6 Å². The molecule has 2 saturated heterocycles. The summed E-state index contributed by atoms with van der Waals surface area (Å²) in [6.45, 7) is 0.662. The number of ether oxygens (including phenoxy) is 1. The molecule has 6 aromatic rings. The Balaban J connectivity index is 1.14. The van der Waals surface area contributed by atoms with Crippen molar-refractivity contribution in [2.24, 2.45) is 5.92 Å². The minimum absolute atomic E-state index is 0.0212. The second kappa shape index (κ2) is 11.2. The molecule has 1 amide bonds. The van der Waals surface area contributed by atoms with Gasteiger partial charge in [0, 0.05) is 28.7 Å². The summed E-state index contributed by atoms with van der Waals surface area (Å²) in [5, 5.41) is 10.9. The van der Waals surface area contributed by atoms with Gasteiger partial charge in [-0.05, 0) is 91.3 Å². The molecule has 5 aliphatic rings. The van der Waals surface area contributed by atoms with Crippen molar-refractivity contribution in [2.45, 2.75) is 50.1 Å². The Labute approximate surface area is 297 Å². The first-order valence-corrected chi connectivity index (χ1v) is 17.9. The molecule has 1 spiro atoms. The summed E-state index contributed by atoms with van der Waals surface area (Å²) in [7, 11) is 1.33. The van der Waals surface area contributed by atoms with Crippen LogP contribution in [0.1, 0.15) is 63.7 Å². The zero-order valence-electron chi connectivity index (χ0n) is 27.7. The lowest BCUT2D eigenvalue weighted by Crippen LogP contribution is -2.40. The molecule has 2 aliphatic carbocycles. The number of aromatic nitrogens is 4. The number of anilines is 1. The number of pyridine rings is 2. The van der Waals surface area contributed by atoms with E-state index in [1.165, 1.54) is 36.6 Å². The third-order valence-corrected chi connectivity index (χ3v) is 12.3. The fourth-order valence-electron chi connectivity index (χ4n) is 8.89. The van der Waals surface area contributed by atoms with E-state index in [2.05, 4.69) is 20.5 Å². The van der Waals surface area contributed by atoms with Crippen molar-refractivity contribution in [1.82, 2.24) is 25.1 Å². The van der Waals surface area contributed by atoms with Gasteiger partial charge in [0.05, 0.1) is 45.9 Å². The van der Waals surface area contributed by atoms with Crippen LogP contribution in [0, 0.1) is 23.4 Å². The number of carbonyl (C=O) groups excluding carboxylic acids is 1. The molecule has 2 aromatic carbocycles. The fourth-order valence-corrected chi connectivity index (χ4v) is 10.1. The normalized spacial score (nSPS) is 21.0. The smallest absolute Gasteiger partial charge is 0.434 e. The number of H-pyrrole nitrogens is 1. The molecule has 4 aromatic heterocycles. The van der Waals surface area contributed by atoms with Crippen molar-refractivity contribution in [3.63, 3.8) is 0 Å². The second-order valence-electron chi connectivity index (χ2n) is 14.0. The van der Waals surface area contributed by atoms with Gasteiger partial charge < -0.3 is 19.4 Å². The third kappa shape index (κ3) is 4.45. The highest BCUT2D eigenvalue weighted by atomic mass is 32.1. The van der Waals surface area contributed by atoms with E-state index in [1.807, 2.05) is 17.0 Å². The third-order valence-electron chi connectivity index (χ3n) is 11.2. The van der Waals surface area contributed by atoms with Gasteiger partial charge in [-0.2, -0.15) is 4.39 Å². The molecule has 7 heterocycles. The van der Waals surface area contributed by atoms with Crippen molar-refractivity contribution in [3.8, 4) is 27.6 Å². The van der Waals surface area contributed by atoms with E-state index in [4.69, 9.17) is 14.1 Å². The molecular weight excluding hydrogens is 694 g/mol. The first kappa shape index (κ1) is 31.3. The summed E-state index contributed by atoms with van der Waals surface area (Å²) in [5.41, 5.74) is 4.54. The molecule has 0 unspecified atom stereocenters. The van der Waals surface area contributed by atoms with E-state index >= 15 is 0 Å². The highest BCUT2D eigenvalue weighted by molar-refractivity contribution is 7.23. The molecule has 11 rings (SSSR count). The first-order valence-electron chi connectivity index (χ1n) is 17.1. The number of fused-ring (bicyclic) bond motifs is 3. The predicted octanol–water partition coefficient (Wildman–Crippen LogP) is 7.09. The molecule has 3 aliphatic heterocycles. The van der Waals surface area contributed by atoms with Crippen LogP contribution in [-0.2, 0) is 24.8 Å². The maximum Gasteiger partial charge on any atom is 0.434 e. The van der Waals surface area contributed by atoms with Gasteiger partial charge >= 0.3 is 5.76 Å². The average molecular weight is 723 g/mol. The molecule has 1 saturated carbocycles. The number of rotatable bonds is 8. The van der Waals surface area contributed by atoms with E-state index in [0.717, 1.165) is 39.1 Å². The second-order valence-corrected chi connectivity index (χ2v) is 15.0. The SMILES string of the molecule is COc1c(F)c(F)cc2c1CC[C@@H]2Nc1nccc2cc(-c3c4c(nc(CCc5ccc(F)cc5)c3-c3n[nH]c(=O)o3)C35CC(CN3C4=O)C5)sc12. The Bertz CT molecular complexity index is 2540. The molecule has 10 nitrogen and oxygen atoms in total. The maximum absolute atomic E-state index is 14.6. The van der Waals surface area contributed by atoms with Crippen molar-refractivity contribution >= 4 is 33.1 Å². The Morgan fingerprint density at radius 3 is 2.67 bits per heavy atom. The molecule has 262 valence electrons. The Morgan fingerprint density at radius 1 is 1.08 bits per heavy atom. The van der Waals surface area contributed by atoms with E-state index in [0.29, 0.717) is 77.5 Å². The monoisotopic (exact) mass is 722 g/mol. The summed E-state index contributed by atoms with van der Waals surface area (Å²) >= 11 is 1.42. The topological polar surface area (TPSA) is 126 Å². The minimum Gasteiger partial charge on any atom is -0.493 e. The zero-order valence-corrected chi connectivity index (χ0v) is 28.5. The van der Waals surface area contributed by atoms with Crippen LogP contribution in [0.3, 0.4) is 0 Å². The molecule has 0 radical (unpaired) electrons. The Kier molecular flexibility index (Phi) is 6.76. The summed E-state index contributed by atoms with van der Waals surface area (Å²) < 4.78 is 54.5. The summed E-state index contributed by atoms with van der Waals surface area (Å²) in [5.74, 6) is -2.22. The quantitative estimate of drug-likeness (QED) is 0.171. The number of benzene rings is 2. The highest BCUT2D eigenvalue weighted by Crippen LogP contribution is 2.63. The number of hydrogen-bond acceptors (Lipinski definition) is 9. The lowest BCUT2D eigenvalue weighted by molar-refractivity contribution is 0.0637. The number of halogens is 3. The zero-order chi connectivity index (χ0) is 35.5. The van der Waals surface area contributed by atoms with Gasteiger partial charge in [-0.15, -0.1) is 16.4 Å². The number of carbonyl (C=O) groups is 1. The minimum atomic E-state index is -0.998. The van der Waals surface area contributed by atoms with Crippen molar-refractivity contribution in [2.75, 3.05) is 19.0 Å². The maximum atomic E-state index is 14.6.